The van der Waals surface area contributed by atoms with Gasteiger partial charge in [0.25, 0.3) is 6.29 Å². The Morgan fingerprint density at radius 1 is 0.914 bits per heavy atom. The second-order valence-electron chi connectivity index (χ2n) is 13.7. The van der Waals surface area contributed by atoms with E-state index in [2.05, 4.69) is 34.6 Å². The lowest BCUT2D eigenvalue weighted by Crippen LogP contribution is -2.68. The van der Waals surface area contributed by atoms with Gasteiger partial charge in [-0.25, -0.2) is 0 Å². The van der Waals surface area contributed by atoms with E-state index in [1.54, 1.807) is 6.26 Å². The molecule has 0 amide bonds. The zero-order valence-corrected chi connectivity index (χ0v) is 22.6. The molecule has 4 saturated carbocycles. The summed E-state index contributed by atoms with van der Waals surface area (Å²) in [5, 5.41) is 12.0. The van der Waals surface area contributed by atoms with Gasteiger partial charge in [0.1, 0.15) is 6.10 Å². The van der Waals surface area contributed by atoms with Crippen LogP contribution in [-0.2, 0) is 23.8 Å². The largest absolute Gasteiger partial charge is 0.462 e. The molecule has 1 N–H and O–H groups in total. The van der Waals surface area contributed by atoms with E-state index in [0.29, 0.717) is 23.7 Å². The number of carbonyl (C=O) groups excluding carboxylic acids is 2. The molecule has 4 fully saturated rings. The van der Waals surface area contributed by atoms with E-state index >= 15 is 0 Å². The first-order chi connectivity index (χ1) is 16.2. The first-order valence-electron chi connectivity index (χ1n) is 13.6. The Morgan fingerprint density at radius 2 is 1.57 bits per heavy atom. The fourth-order valence-corrected chi connectivity index (χ4v) is 10.3. The highest BCUT2D eigenvalue weighted by molar-refractivity contribution is 5.67. The quantitative estimate of drug-likeness (QED) is 0.526. The maximum Gasteiger partial charge on any atom is 0.305 e. The molecule has 5 aliphatic rings. The van der Waals surface area contributed by atoms with Gasteiger partial charge in [-0.05, 0) is 72.5 Å². The number of carbonyl (C=O) groups is 2. The van der Waals surface area contributed by atoms with E-state index in [1.807, 2.05) is 0 Å². The maximum absolute atomic E-state index is 12.1. The van der Waals surface area contributed by atoms with Crippen LogP contribution in [0.15, 0.2) is 11.8 Å². The molecule has 1 aliphatic heterocycles. The molecule has 0 radical (unpaired) electrons. The molecule has 0 spiro atoms. The molecule has 0 saturated heterocycles. The topological polar surface area (TPSA) is 82.1 Å². The lowest BCUT2D eigenvalue weighted by molar-refractivity contribution is -0.262. The van der Waals surface area contributed by atoms with Crippen LogP contribution in [0.2, 0.25) is 0 Å². The molecule has 4 aliphatic carbocycles. The zero-order chi connectivity index (χ0) is 25.6. The van der Waals surface area contributed by atoms with Crippen molar-refractivity contribution < 1.29 is 28.9 Å². The van der Waals surface area contributed by atoms with Crippen LogP contribution in [0.25, 0.3) is 0 Å². The van der Waals surface area contributed by atoms with Gasteiger partial charge in [-0.1, -0.05) is 41.0 Å². The lowest BCUT2D eigenvalue weighted by atomic mass is 9.34. The molecule has 0 aromatic heterocycles. The molecule has 5 rings (SSSR count). The average molecular weight is 489 g/mol. The molecule has 6 heteroatoms. The minimum atomic E-state index is -0.802. The smallest absolute Gasteiger partial charge is 0.305 e. The van der Waals surface area contributed by atoms with Gasteiger partial charge in [0.15, 0.2) is 0 Å². The summed E-state index contributed by atoms with van der Waals surface area (Å²) in [6, 6.07) is 0. The molecule has 0 unspecified atom stereocenters. The molecule has 1 heterocycles. The van der Waals surface area contributed by atoms with Crippen LogP contribution in [0.4, 0.5) is 0 Å². The summed E-state index contributed by atoms with van der Waals surface area (Å²) in [6.45, 7) is 14.8. The van der Waals surface area contributed by atoms with Crippen molar-refractivity contribution in [3.8, 4) is 0 Å². The maximum atomic E-state index is 12.1. The van der Waals surface area contributed by atoms with Gasteiger partial charge in [0.2, 0.25) is 0 Å². The SMILES string of the molecule is CC(=O)O[C@H]1OC=C2[C@H]1[C@]1(C)[C@H](C[C@H]2OC(C)=O)[C@]2(C)CC[C@@H]3C(C)(C)CCC[C@]3(C)[C@@H]2C[C@@H]1O. The van der Waals surface area contributed by atoms with Crippen molar-refractivity contribution in [2.24, 2.45) is 45.3 Å². The van der Waals surface area contributed by atoms with Crippen molar-refractivity contribution in [2.45, 2.75) is 112 Å². The van der Waals surface area contributed by atoms with Gasteiger partial charge in [0, 0.05) is 24.8 Å². The predicted molar refractivity (Wildman–Crippen MR) is 131 cm³/mol. The number of aliphatic hydroxyl groups excluding tert-OH is 1. The van der Waals surface area contributed by atoms with Gasteiger partial charge in [-0.15, -0.1) is 0 Å². The van der Waals surface area contributed by atoms with Crippen LogP contribution in [-0.4, -0.2) is 35.5 Å². The Bertz CT molecular complexity index is 939. The summed E-state index contributed by atoms with van der Waals surface area (Å²) in [6.07, 6.45) is 7.26. The summed E-state index contributed by atoms with van der Waals surface area (Å²) in [7, 11) is 0. The standard InChI is InChI=1S/C29H44O6/c1-16(30)34-19-13-22-28(6)12-9-20-26(3,4)10-8-11-27(20,5)21(28)14-23(32)29(22,7)24-18(19)15-33-25(24)35-17(2)31/h15,19-25,32H,8-14H2,1-7H3/t19-,20-,21+,22-,23+,24-,25-,27+,28-,29-/m1/s1. The number of hydrogen-bond donors (Lipinski definition) is 1. The number of hydrogen-bond acceptors (Lipinski definition) is 6. The number of fused-ring (bicyclic) bond motifs is 7. The lowest BCUT2D eigenvalue weighted by Gasteiger charge is -2.71. The van der Waals surface area contributed by atoms with E-state index < -0.39 is 29.9 Å². The molecular formula is C29H44O6. The van der Waals surface area contributed by atoms with E-state index in [1.165, 1.54) is 39.5 Å². The van der Waals surface area contributed by atoms with Crippen molar-refractivity contribution >= 4 is 11.9 Å². The molecule has 0 bridgehead atoms. The Balaban J connectivity index is 1.59. The first kappa shape index (κ1) is 25.1. The van der Waals surface area contributed by atoms with Crippen molar-refractivity contribution in [1.82, 2.24) is 0 Å². The Labute approximate surface area is 210 Å². The van der Waals surface area contributed by atoms with Crippen molar-refractivity contribution in [2.75, 3.05) is 0 Å². The molecule has 10 atom stereocenters. The van der Waals surface area contributed by atoms with Gasteiger partial charge < -0.3 is 19.3 Å². The minimum Gasteiger partial charge on any atom is -0.462 e. The van der Waals surface area contributed by atoms with Crippen LogP contribution in [0.1, 0.15) is 93.4 Å². The number of ether oxygens (including phenoxy) is 3. The van der Waals surface area contributed by atoms with E-state index in [0.717, 1.165) is 18.4 Å². The number of aliphatic hydroxyl groups is 1. The second kappa shape index (κ2) is 7.97. The first-order valence-corrected chi connectivity index (χ1v) is 13.6. The molecule has 196 valence electrons. The molecule has 35 heavy (non-hydrogen) atoms. The zero-order valence-electron chi connectivity index (χ0n) is 22.6. The third kappa shape index (κ3) is 3.44. The summed E-state index contributed by atoms with van der Waals surface area (Å²) >= 11 is 0. The Morgan fingerprint density at radius 3 is 2.23 bits per heavy atom. The van der Waals surface area contributed by atoms with Crippen LogP contribution in [0.5, 0.6) is 0 Å². The summed E-state index contributed by atoms with van der Waals surface area (Å²) in [5.74, 6) is 0.0707. The van der Waals surface area contributed by atoms with Gasteiger partial charge in [-0.2, -0.15) is 0 Å². The van der Waals surface area contributed by atoms with Crippen LogP contribution in [0.3, 0.4) is 0 Å². The highest BCUT2D eigenvalue weighted by Crippen LogP contribution is 2.74. The number of esters is 2. The van der Waals surface area contributed by atoms with E-state index in [-0.39, 0.29) is 28.6 Å². The van der Waals surface area contributed by atoms with Crippen LogP contribution in [0, 0.1) is 45.3 Å². The van der Waals surface area contributed by atoms with Crippen LogP contribution < -0.4 is 0 Å². The summed E-state index contributed by atoms with van der Waals surface area (Å²) in [4.78, 5) is 24.1. The fraction of sp³-hybridized carbons (Fsp3) is 0.862. The Hall–Kier alpha value is -1.56. The van der Waals surface area contributed by atoms with Gasteiger partial charge in [0.05, 0.1) is 18.3 Å². The van der Waals surface area contributed by atoms with E-state index in [4.69, 9.17) is 14.2 Å². The predicted octanol–water partition coefficient (Wildman–Crippen LogP) is 5.38. The van der Waals surface area contributed by atoms with Gasteiger partial charge in [-0.3, -0.25) is 9.59 Å². The highest BCUT2D eigenvalue weighted by Gasteiger charge is 2.71. The third-order valence-electron chi connectivity index (χ3n) is 11.6. The monoisotopic (exact) mass is 488 g/mol. The van der Waals surface area contributed by atoms with E-state index in [9.17, 15) is 14.7 Å². The molecule has 0 aromatic rings. The van der Waals surface area contributed by atoms with Crippen molar-refractivity contribution in [1.29, 1.82) is 0 Å². The fourth-order valence-electron chi connectivity index (χ4n) is 10.3. The van der Waals surface area contributed by atoms with Gasteiger partial charge >= 0.3 is 11.9 Å². The van der Waals surface area contributed by atoms with Crippen molar-refractivity contribution in [3.63, 3.8) is 0 Å². The molecular weight excluding hydrogens is 444 g/mol. The second-order valence-corrected chi connectivity index (χ2v) is 13.7. The summed E-state index contributed by atoms with van der Waals surface area (Å²) < 4.78 is 17.4. The molecule has 6 nitrogen and oxygen atoms in total. The average Bonchev–Trinajstić information content (AvgIpc) is 3.15. The minimum absolute atomic E-state index is 0.0139. The third-order valence-corrected chi connectivity index (χ3v) is 11.6. The van der Waals surface area contributed by atoms with Crippen molar-refractivity contribution in [3.05, 3.63) is 11.8 Å². The highest BCUT2D eigenvalue weighted by atomic mass is 16.7. The number of rotatable bonds is 2. The Kier molecular flexibility index (Phi) is 5.71. The summed E-state index contributed by atoms with van der Waals surface area (Å²) in [5.41, 5.74) is 0.760. The van der Waals surface area contributed by atoms with Crippen LogP contribution >= 0.6 is 0 Å². The normalized spacial score (nSPS) is 49.8. The molecule has 0 aromatic carbocycles.